The number of amides is 2. The lowest BCUT2D eigenvalue weighted by atomic mass is 10.1. The molecule has 0 aliphatic rings. The van der Waals surface area contributed by atoms with Crippen molar-refractivity contribution in [2.24, 2.45) is 0 Å². The summed E-state index contributed by atoms with van der Waals surface area (Å²) in [6.07, 6.45) is 2.43. The van der Waals surface area contributed by atoms with E-state index in [1.807, 2.05) is 6.26 Å². The first-order chi connectivity index (χ1) is 15.0. The largest absolute Gasteiger partial charge is 0.496 e. The normalized spacial score (nSPS) is 11.3. The highest BCUT2D eigenvalue weighted by Crippen LogP contribution is 2.17. The van der Waals surface area contributed by atoms with Gasteiger partial charge < -0.3 is 20.7 Å². The van der Waals surface area contributed by atoms with Crippen molar-refractivity contribution in [3.05, 3.63) is 64.2 Å². The number of hydrogen-bond donors (Lipinski definition) is 3. The molecule has 2 aromatic carbocycles. The molecule has 166 valence electrons. The van der Waals surface area contributed by atoms with Gasteiger partial charge in [-0.1, -0.05) is 12.1 Å². The van der Waals surface area contributed by atoms with Gasteiger partial charge >= 0.3 is 0 Å². The Bertz CT molecular complexity index is 892. The number of non-ortho nitro benzene ring substituents is 1. The average molecular weight is 447 g/mol. The van der Waals surface area contributed by atoms with E-state index in [1.54, 1.807) is 48.2 Å². The molecule has 2 rings (SSSR count). The number of rotatable bonds is 12. The van der Waals surface area contributed by atoms with Crippen LogP contribution in [0.25, 0.3) is 0 Å². The molecule has 0 fully saturated rings. The number of nitrogens with zero attached hydrogens (tertiary/aromatic N) is 1. The molecule has 0 saturated carbocycles. The summed E-state index contributed by atoms with van der Waals surface area (Å²) in [5, 5.41) is 19.4. The summed E-state index contributed by atoms with van der Waals surface area (Å²) in [6, 6.07) is 12.2. The summed E-state index contributed by atoms with van der Waals surface area (Å²) >= 11 is 1.59. The number of carbonyl (C=O) groups excluding carboxylic acids is 2. The van der Waals surface area contributed by atoms with Crippen LogP contribution in [0, 0.1) is 10.1 Å². The Morgan fingerprint density at radius 2 is 1.84 bits per heavy atom. The van der Waals surface area contributed by atoms with Crippen LogP contribution < -0.4 is 20.7 Å². The highest BCUT2D eigenvalue weighted by atomic mass is 32.2. The van der Waals surface area contributed by atoms with Gasteiger partial charge in [-0.25, -0.2) is 0 Å². The summed E-state index contributed by atoms with van der Waals surface area (Å²) in [7, 11) is 1.49. The van der Waals surface area contributed by atoms with Gasteiger partial charge in [0.25, 0.3) is 11.6 Å². The van der Waals surface area contributed by atoms with Crippen molar-refractivity contribution in [2.75, 3.05) is 37.5 Å². The fourth-order valence-corrected chi connectivity index (χ4v) is 3.26. The van der Waals surface area contributed by atoms with E-state index in [0.717, 1.165) is 0 Å². The molecule has 31 heavy (non-hydrogen) atoms. The van der Waals surface area contributed by atoms with Gasteiger partial charge in [0.05, 0.1) is 17.6 Å². The Hall–Kier alpha value is -3.27. The summed E-state index contributed by atoms with van der Waals surface area (Å²) in [5.41, 5.74) is 1.09. The first kappa shape index (κ1) is 24.0. The van der Waals surface area contributed by atoms with E-state index in [2.05, 4.69) is 16.0 Å². The van der Waals surface area contributed by atoms with Crippen LogP contribution in [0.2, 0.25) is 0 Å². The zero-order valence-corrected chi connectivity index (χ0v) is 18.2. The van der Waals surface area contributed by atoms with Crippen LogP contribution in [0.5, 0.6) is 5.75 Å². The van der Waals surface area contributed by atoms with Crippen LogP contribution in [-0.4, -0.2) is 55.0 Å². The minimum Gasteiger partial charge on any atom is -0.496 e. The van der Waals surface area contributed by atoms with E-state index < -0.39 is 11.0 Å². The SMILES string of the molecule is COc1ccccc1C(=O)NC(CCSC)C(=O)NCCNc1ccc([N+](=O)[O-])cc1. The number of nitro groups is 1. The molecule has 3 N–H and O–H groups in total. The van der Waals surface area contributed by atoms with Gasteiger partial charge in [-0.05, 0) is 42.7 Å². The average Bonchev–Trinajstić information content (AvgIpc) is 2.79. The van der Waals surface area contributed by atoms with Crippen molar-refractivity contribution in [2.45, 2.75) is 12.5 Å². The van der Waals surface area contributed by atoms with Gasteiger partial charge in [0.2, 0.25) is 5.91 Å². The number of methoxy groups -OCH3 is 1. The lowest BCUT2D eigenvalue weighted by molar-refractivity contribution is -0.384. The zero-order chi connectivity index (χ0) is 22.6. The van der Waals surface area contributed by atoms with Crippen LogP contribution in [0.4, 0.5) is 11.4 Å². The monoisotopic (exact) mass is 446 g/mol. The second-order valence-electron chi connectivity index (χ2n) is 6.53. The molecule has 10 heteroatoms. The van der Waals surface area contributed by atoms with Crippen LogP contribution >= 0.6 is 11.8 Å². The molecule has 2 aromatic rings. The fourth-order valence-electron chi connectivity index (χ4n) is 2.79. The number of nitro benzene ring substituents is 1. The van der Waals surface area contributed by atoms with Crippen molar-refractivity contribution in [3.63, 3.8) is 0 Å². The summed E-state index contributed by atoms with van der Waals surface area (Å²) < 4.78 is 5.22. The van der Waals surface area contributed by atoms with Gasteiger partial charge in [-0.2, -0.15) is 11.8 Å². The molecular formula is C21H26N4O5S. The topological polar surface area (TPSA) is 123 Å². The van der Waals surface area contributed by atoms with Crippen molar-refractivity contribution < 1.29 is 19.2 Å². The van der Waals surface area contributed by atoms with Crippen LogP contribution in [-0.2, 0) is 4.79 Å². The number of carbonyl (C=O) groups is 2. The van der Waals surface area contributed by atoms with Crippen molar-refractivity contribution in [1.29, 1.82) is 0 Å². The van der Waals surface area contributed by atoms with E-state index in [9.17, 15) is 19.7 Å². The maximum Gasteiger partial charge on any atom is 0.269 e. The van der Waals surface area contributed by atoms with Gasteiger partial charge in [-0.15, -0.1) is 0 Å². The van der Waals surface area contributed by atoms with Crippen LogP contribution in [0.15, 0.2) is 48.5 Å². The maximum absolute atomic E-state index is 12.7. The molecule has 0 aliphatic carbocycles. The maximum atomic E-state index is 12.7. The molecule has 0 saturated heterocycles. The summed E-state index contributed by atoms with van der Waals surface area (Å²) in [4.78, 5) is 35.5. The molecule has 0 spiro atoms. The molecule has 0 radical (unpaired) electrons. The molecule has 1 unspecified atom stereocenters. The third-order valence-corrected chi connectivity index (χ3v) is 5.06. The Kier molecular flexibility index (Phi) is 9.63. The van der Waals surface area contributed by atoms with Crippen molar-refractivity contribution in [3.8, 4) is 5.75 Å². The number of nitrogens with one attached hydrogen (secondary N) is 3. The highest BCUT2D eigenvalue weighted by molar-refractivity contribution is 7.98. The molecule has 0 heterocycles. The third kappa shape index (κ3) is 7.49. The minimum atomic E-state index is -0.677. The number of anilines is 1. The lowest BCUT2D eigenvalue weighted by Crippen LogP contribution is -2.48. The quantitative estimate of drug-likeness (QED) is 0.260. The minimum absolute atomic E-state index is 0.0151. The van der Waals surface area contributed by atoms with Crippen LogP contribution in [0.1, 0.15) is 16.8 Å². The third-order valence-electron chi connectivity index (χ3n) is 4.42. The number of ether oxygens (including phenoxy) is 1. The van der Waals surface area contributed by atoms with Gasteiger partial charge in [0, 0.05) is 30.9 Å². The van der Waals surface area contributed by atoms with Crippen molar-refractivity contribution >= 4 is 35.0 Å². The zero-order valence-electron chi connectivity index (χ0n) is 17.4. The Morgan fingerprint density at radius 3 is 2.48 bits per heavy atom. The first-order valence-corrected chi connectivity index (χ1v) is 11.0. The van der Waals surface area contributed by atoms with Gasteiger partial charge in [-0.3, -0.25) is 19.7 Å². The molecule has 9 nitrogen and oxygen atoms in total. The molecule has 0 aromatic heterocycles. The van der Waals surface area contributed by atoms with Crippen molar-refractivity contribution in [1.82, 2.24) is 10.6 Å². The Labute approximate surface area is 185 Å². The predicted octanol–water partition coefficient (Wildman–Crippen LogP) is 2.68. The summed E-state index contributed by atoms with van der Waals surface area (Å²) in [6.45, 7) is 0.759. The first-order valence-electron chi connectivity index (χ1n) is 9.65. The molecular weight excluding hydrogens is 420 g/mol. The summed E-state index contributed by atoms with van der Waals surface area (Å²) in [5.74, 6) is 0.507. The molecule has 2 amide bonds. The number of hydrogen-bond acceptors (Lipinski definition) is 7. The van der Waals surface area contributed by atoms with E-state index in [4.69, 9.17) is 4.74 Å². The Morgan fingerprint density at radius 1 is 1.13 bits per heavy atom. The van der Waals surface area contributed by atoms with E-state index >= 15 is 0 Å². The Balaban J connectivity index is 1.88. The van der Waals surface area contributed by atoms with Crippen LogP contribution in [0.3, 0.4) is 0 Å². The molecule has 1 atom stereocenters. The standard InChI is InChI=1S/C21H26N4O5S/c1-30-19-6-4-3-5-17(19)20(26)24-18(11-14-31-2)21(27)23-13-12-22-15-7-9-16(10-8-15)25(28)29/h3-10,18,22H,11-14H2,1-2H3,(H,23,27)(H,24,26). The second kappa shape index (κ2) is 12.4. The highest BCUT2D eigenvalue weighted by Gasteiger charge is 2.22. The number of benzene rings is 2. The predicted molar refractivity (Wildman–Crippen MR) is 122 cm³/mol. The molecule has 0 bridgehead atoms. The van der Waals surface area contributed by atoms with Gasteiger partial charge in [0.15, 0.2) is 0 Å². The van der Waals surface area contributed by atoms with E-state index in [1.165, 1.54) is 19.2 Å². The number of para-hydroxylation sites is 1. The van der Waals surface area contributed by atoms with E-state index in [0.29, 0.717) is 42.3 Å². The van der Waals surface area contributed by atoms with E-state index in [-0.39, 0.29) is 17.5 Å². The second-order valence-corrected chi connectivity index (χ2v) is 7.52. The molecule has 0 aliphatic heterocycles. The van der Waals surface area contributed by atoms with Gasteiger partial charge in [0.1, 0.15) is 11.8 Å². The number of thioether (sulfide) groups is 1. The lowest BCUT2D eigenvalue weighted by Gasteiger charge is -2.19. The fraction of sp³-hybridized carbons (Fsp3) is 0.333. The smallest absolute Gasteiger partial charge is 0.269 e.